The van der Waals surface area contributed by atoms with Crippen LogP contribution in [0.25, 0.3) is 0 Å². The summed E-state index contributed by atoms with van der Waals surface area (Å²) in [5, 5.41) is 0. The Hall–Kier alpha value is -4.63. The summed E-state index contributed by atoms with van der Waals surface area (Å²) in [6, 6.07) is 0. The maximum Gasteiger partial charge on any atom is 0.306 e. The number of nitrogens with zero attached hydrogens (tertiary/aromatic N) is 1. The van der Waals surface area contributed by atoms with Crippen LogP contribution in [-0.4, -0.2) is 70.0 Å². The van der Waals surface area contributed by atoms with Gasteiger partial charge in [-0.2, -0.15) is 0 Å². The molecule has 0 heterocycles. The van der Waals surface area contributed by atoms with Crippen molar-refractivity contribution in [3.63, 3.8) is 0 Å². The zero-order chi connectivity index (χ0) is 74.0. The highest BCUT2D eigenvalue weighted by Crippen LogP contribution is 2.38. The highest BCUT2D eigenvalue weighted by atomic mass is 31.2. The SMILES string of the molecule is CC/C=C\C/C=C\C/C=C\C/C=C\C/C=C\C/C=C\C/C=C\C/C=C\C/C=C\CCCCCCCCCCCCCCCC(=O)OC(COC(=O)CCCCCCCCCCCCCCCCCCCCCCC/C=C\C/C=C\C/C=C\C/C=C\C/C=C\CC)COP(=O)([O-])OCC[N+](C)(C)C. The number of unbranched alkanes of at least 4 members (excludes halogenated alkanes) is 34. The highest BCUT2D eigenvalue weighted by molar-refractivity contribution is 7.45. The zero-order valence-electron chi connectivity index (χ0n) is 66.5. The van der Waals surface area contributed by atoms with Gasteiger partial charge in [0.15, 0.2) is 6.10 Å². The van der Waals surface area contributed by atoms with E-state index in [0.717, 1.165) is 128 Å². The van der Waals surface area contributed by atoms with Crippen LogP contribution in [0.5, 0.6) is 0 Å². The number of carbonyl (C=O) groups is 2. The van der Waals surface area contributed by atoms with Gasteiger partial charge in [-0.3, -0.25) is 14.2 Å². The van der Waals surface area contributed by atoms with E-state index in [-0.39, 0.29) is 32.0 Å². The largest absolute Gasteiger partial charge is 0.756 e. The summed E-state index contributed by atoms with van der Waals surface area (Å²) in [5.74, 6) is -0.828. The molecule has 0 saturated heterocycles. The summed E-state index contributed by atoms with van der Waals surface area (Å²) in [7, 11) is 1.16. The molecule has 0 radical (unpaired) electrons. The standard InChI is InChI=1S/C92H156NO8P/c1-6-8-10-12-14-16-18-20-22-24-26-28-30-32-34-36-38-40-42-44-45-46-47-49-51-53-55-57-59-61-63-65-67-69-71-73-75-77-79-81-83-85-92(95)101-90(89-100-102(96,97)99-87-86-93(3,4)5)88-98-91(94)84-82-80-78-76-74-72-70-68-66-64-62-60-58-56-54-52-50-48-43-41-39-37-35-33-31-29-27-25-23-21-19-17-15-13-11-9-7-2/h8-11,14-17,20-23,26-29,32-35,38,40,44-45,47,49,53,55,90H,6-7,12-13,18-19,24-25,30-31,36-37,39,41-43,46,48,50-52,54,56-89H2,1-5H3/b10-8-,11-9-,16-14-,17-15-,22-20-,23-21-,28-26-,29-27-,34-32-,35-33-,40-38-,45-44-,49-47-,55-53-. The van der Waals surface area contributed by atoms with Gasteiger partial charge in [-0.1, -0.05) is 377 Å². The van der Waals surface area contributed by atoms with Crippen molar-refractivity contribution in [1.29, 1.82) is 0 Å². The molecule has 582 valence electrons. The summed E-state index contributed by atoms with van der Waals surface area (Å²) in [6.07, 6.45) is 122. The van der Waals surface area contributed by atoms with Crippen LogP contribution in [0.4, 0.5) is 0 Å². The van der Waals surface area contributed by atoms with Crippen LogP contribution in [0.15, 0.2) is 170 Å². The van der Waals surface area contributed by atoms with Crippen molar-refractivity contribution in [1.82, 2.24) is 0 Å². The Morgan fingerprint density at radius 2 is 0.529 bits per heavy atom. The Bertz CT molecular complexity index is 2340. The molecule has 9 nitrogen and oxygen atoms in total. The molecule has 0 rings (SSSR count). The number of phosphoric acid groups is 1. The molecule has 0 saturated carbocycles. The van der Waals surface area contributed by atoms with Gasteiger partial charge in [0.1, 0.15) is 19.8 Å². The predicted octanol–water partition coefficient (Wildman–Crippen LogP) is 27.8. The third-order valence-corrected chi connectivity index (χ3v) is 18.7. The van der Waals surface area contributed by atoms with Crippen molar-refractivity contribution in [2.24, 2.45) is 0 Å². The molecule has 10 heteroatoms. The van der Waals surface area contributed by atoms with E-state index in [1.807, 2.05) is 21.1 Å². The Morgan fingerprint density at radius 1 is 0.304 bits per heavy atom. The summed E-state index contributed by atoms with van der Waals surface area (Å²) in [5.41, 5.74) is 0. The number of allylic oxidation sites excluding steroid dienone is 28. The lowest BCUT2D eigenvalue weighted by Gasteiger charge is -2.28. The quantitative estimate of drug-likeness (QED) is 0.0195. The molecule has 0 bridgehead atoms. The Morgan fingerprint density at radius 3 is 0.784 bits per heavy atom. The van der Waals surface area contributed by atoms with Crippen LogP contribution < -0.4 is 4.89 Å². The maximum atomic E-state index is 12.9. The maximum absolute atomic E-state index is 12.9. The first-order chi connectivity index (χ1) is 50.0. The van der Waals surface area contributed by atoms with Crippen molar-refractivity contribution in [3.05, 3.63) is 170 Å². The molecule has 2 unspecified atom stereocenters. The van der Waals surface area contributed by atoms with Crippen molar-refractivity contribution in [2.45, 2.75) is 354 Å². The average Bonchev–Trinajstić information content (AvgIpc) is 0.916. The molecule has 0 aliphatic heterocycles. The minimum Gasteiger partial charge on any atom is -0.756 e. The van der Waals surface area contributed by atoms with Crippen molar-refractivity contribution in [3.8, 4) is 0 Å². The second-order valence-electron chi connectivity index (χ2n) is 28.7. The van der Waals surface area contributed by atoms with E-state index in [0.29, 0.717) is 17.4 Å². The van der Waals surface area contributed by atoms with Crippen LogP contribution in [0.3, 0.4) is 0 Å². The smallest absolute Gasteiger partial charge is 0.306 e. The fourth-order valence-corrected chi connectivity index (χ4v) is 12.2. The molecule has 0 spiro atoms. The van der Waals surface area contributed by atoms with Gasteiger partial charge in [0.2, 0.25) is 0 Å². The van der Waals surface area contributed by atoms with Crippen LogP contribution in [0, 0.1) is 0 Å². The van der Waals surface area contributed by atoms with Gasteiger partial charge in [-0.05, 0) is 128 Å². The van der Waals surface area contributed by atoms with Crippen LogP contribution >= 0.6 is 7.82 Å². The van der Waals surface area contributed by atoms with E-state index >= 15 is 0 Å². The molecule has 0 aliphatic rings. The van der Waals surface area contributed by atoms with Crippen LogP contribution in [0.1, 0.15) is 348 Å². The van der Waals surface area contributed by atoms with Gasteiger partial charge < -0.3 is 27.9 Å². The molecule has 2 atom stereocenters. The predicted molar refractivity (Wildman–Crippen MR) is 443 cm³/mol. The number of likely N-dealkylation sites (N-methyl/N-ethyl adjacent to an activating group) is 1. The van der Waals surface area contributed by atoms with Gasteiger partial charge in [-0.15, -0.1) is 0 Å². The lowest BCUT2D eigenvalue weighted by molar-refractivity contribution is -0.870. The van der Waals surface area contributed by atoms with Crippen LogP contribution in [-0.2, 0) is 32.7 Å². The molecule has 0 aromatic heterocycles. The van der Waals surface area contributed by atoms with Crippen molar-refractivity contribution < 1.29 is 42.1 Å². The first-order valence-corrected chi connectivity index (χ1v) is 43.3. The topological polar surface area (TPSA) is 111 Å². The Balaban J connectivity index is 3.98. The second kappa shape index (κ2) is 80.5. The van der Waals surface area contributed by atoms with E-state index < -0.39 is 26.5 Å². The Kier molecular flexibility index (Phi) is 76.8. The normalized spacial score (nSPS) is 13.9. The molecular weight excluding hydrogens is 1280 g/mol. The molecule has 0 aromatic carbocycles. The Labute approximate surface area is 629 Å². The number of carbonyl (C=O) groups excluding carboxylic acids is 2. The minimum absolute atomic E-state index is 0.0356. The molecular formula is C92H156NO8P. The fraction of sp³-hybridized carbons (Fsp3) is 0.674. The summed E-state index contributed by atoms with van der Waals surface area (Å²) in [6.45, 7) is 4.04. The number of hydrogen-bond donors (Lipinski definition) is 0. The molecule has 0 N–H and O–H groups in total. The fourth-order valence-electron chi connectivity index (χ4n) is 11.4. The van der Waals surface area contributed by atoms with Crippen molar-refractivity contribution in [2.75, 3.05) is 47.5 Å². The van der Waals surface area contributed by atoms with E-state index in [9.17, 15) is 19.0 Å². The number of hydrogen-bond acceptors (Lipinski definition) is 8. The lowest BCUT2D eigenvalue weighted by Crippen LogP contribution is -2.37. The zero-order valence-corrected chi connectivity index (χ0v) is 67.4. The van der Waals surface area contributed by atoms with Crippen molar-refractivity contribution >= 4 is 19.8 Å². The van der Waals surface area contributed by atoms with Gasteiger partial charge in [-0.25, -0.2) is 0 Å². The number of rotatable bonds is 76. The third kappa shape index (κ3) is 84.3. The number of ether oxygens (including phenoxy) is 2. The lowest BCUT2D eigenvalue weighted by atomic mass is 10.0. The first kappa shape index (κ1) is 97.4. The second-order valence-corrected chi connectivity index (χ2v) is 30.1. The summed E-state index contributed by atoms with van der Waals surface area (Å²) >= 11 is 0. The monoisotopic (exact) mass is 1430 g/mol. The van der Waals surface area contributed by atoms with Gasteiger partial charge >= 0.3 is 11.9 Å². The van der Waals surface area contributed by atoms with Gasteiger partial charge in [0.05, 0.1) is 27.7 Å². The number of esters is 2. The molecule has 0 aliphatic carbocycles. The van der Waals surface area contributed by atoms with E-state index in [1.165, 1.54) is 186 Å². The van der Waals surface area contributed by atoms with Gasteiger partial charge in [0.25, 0.3) is 7.82 Å². The van der Waals surface area contributed by atoms with Gasteiger partial charge in [0, 0.05) is 12.8 Å². The van der Waals surface area contributed by atoms with E-state index in [1.54, 1.807) is 0 Å². The molecule has 0 fully saturated rings. The minimum atomic E-state index is -4.66. The number of quaternary nitrogens is 1. The number of phosphoric ester groups is 1. The third-order valence-electron chi connectivity index (χ3n) is 17.7. The first-order valence-electron chi connectivity index (χ1n) is 41.8. The van der Waals surface area contributed by atoms with E-state index in [4.69, 9.17) is 18.5 Å². The van der Waals surface area contributed by atoms with Crippen LogP contribution in [0.2, 0.25) is 0 Å². The highest BCUT2D eigenvalue weighted by Gasteiger charge is 2.22. The molecule has 0 amide bonds. The summed E-state index contributed by atoms with van der Waals surface area (Å²) < 4.78 is 34.4. The van der Waals surface area contributed by atoms with E-state index in [2.05, 4.69) is 184 Å². The average molecular weight is 1440 g/mol. The summed E-state index contributed by atoms with van der Waals surface area (Å²) in [4.78, 5) is 38.2. The molecule has 0 aromatic rings. The molecule has 102 heavy (non-hydrogen) atoms.